The molecule has 0 spiro atoms. The van der Waals surface area contributed by atoms with E-state index in [0.29, 0.717) is 30.7 Å². The molecule has 0 atom stereocenters. The normalized spacial score (nSPS) is 11.4. The van der Waals surface area contributed by atoms with Gasteiger partial charge < -0.3 is 14.0 Å². The van der Waals surface area contributed by atoms with Crippen LogP contribution in [0.3, 0.4) is 0 Å². The van der Waals surface area contributed by atoms with Crippen molar-refractivity contribution in [1.82, 2.24) is 0 Å². The van der Waals surface area contributed by atoms with Crippen LogP contribution in [0.4, 0.5) is 0 Å². The van der Waals surface area contributed by atoms with Gasteiger partial charge in [-0.05, 0) is 30.5 Å². The molecular weight excluding hydrogens is 470 g/mol. The molecule has 0 saturated carbocycles. The van der Waals surface area contributed by atoms with Gasteiger partial charge in [-0.25, -0.2) is 4.79 Å². The van der Waals surface area contributed by atoms with Crippen molar-refractivity contribution < 1.29 is 18.8 Å². The number of rotatable bonds is 22. The highest BCUT2D eigenvalue weighted by Gasteiger charge is 2.21. The van der Waals surface area contributed by atoms with Crippen LogP contribution in [-0.2, 0) is 22.5 Å². The van der Waals surface area contributed by atoms with E-state index in [-0.39, 0.29) is 5.97 Å². The number of benzene rings is 2. The zero-order valence-electron chi connectivity index (χ0n) is 24.6. The average molecular weight is 525 g/mol. The summed E-state index contributed by atoms with van der Waals surface area (Å²) in [5.74, 6) is 0.753. The second kappa shape index (κ2) is 19.7. The Kier molecular flexibility index (Phi) is 16.5. The van der Waals surface area contributed by atoms with Crippen molar-refractivity contribution in [3.8, 4) is 5.75 Å². The van der Waals surface area contributed by atoms with Crippen LogP contribution < -0.4 is 4.74 Å². The Morgan fingerprint density at radius 2 is 1.29 bits per heavy atom. The maximum atomic E-state index is 12.3. The Balaban J connectivity index is 1.49. The van der Waals surface area contributed by atoms with Crippen molar-refractivity contribution in [3.05, 3.63) is 65.7 Å². The van der Waals surface area contributed by atoms with E-state index in [9.17, 15) is 4.79 Å². The molecule has 38 heavy (non-hydrogen) atoms. The van der Waals surface area contributed by atoms with E-state index >= 15 is 0 Å². The number of hydrogen-bond acceptors (Lipinski definition) is 3. The molecule has 0 aliphatic carbocycles. The first kappa shape index (κ1) is 31.9. The number of aryl methyl sites for hydroxylation is 1. The van der Waals surface area contributed by atoms with Crippen molar-refractivity contribution in [2.75, 3.05) is 33.9 Å². The summed E-state index contributed by atoms with van der Waals surface area (Å²) >= 11 is 0. The van der Waals surface area contributed by atoms with Gasteiger partial charge in [-0.15, -0.1) is 0 Å². The largest absolute Gasteiger partial charge is 0.493 e. The van der Waals surface area contributed by atoms with E-state index in [1.54, 1.807) is 0 Å². The first-order valence-electron chi connectivity index (χ1n) is 15.2. The fourth-order valence-electron chi connectivity index (χ4n) is 4.92. The first-order valence-corrected chi connectivity index (χ1v) is 15.2. The molecule has 0 bridgehead atoms. The van der Waals surface area contributed by atoms with Gasteiger partial charge >= 0.3 is 5.97 Å². The lowest BCUT2D eigenvalue weighted by Crippen LogP contribution is -2.43. The van der Waals surface area contributed by atoms with Crippen LogP contribution in [0.5, 0.6) is 5.75 Å². The summed E-state index contributed by atoms with van der Waals surface area (Å²) in [5, 5.41) is 0. The Morgan fingerprint density at radius 3 is 1.95 bits per heavy atom. The molecular formula is C34H54NO3+. The van der Waals surface area contributed by atoms with Crippen LogP contribution in [0, 0.1) is 0 Å². The number of ether oxygens (including phenoxy) is 2. The summed E-state index contributed by atoms with van der Waals surface area (Å²) in [6, 6.07) is 18.7. The number of esters is 1. The molecule has 0 radical (unpaired) electrons. The van der Waals surface area contributed by atoms with E-state index in [1.165, 1.54) is 88.2 Å². The van der Waals surface area contributed by atoms with Crippen LogP contribution in [0.2, 0.25) is 0 Å². The summed E-state index contributed by atoms with van der Waals surface area (Å²) in [5.41, 5.74) is 2.57. The van der Waals surface area contributed by atoms with Crippen LogP contribution in [-0.4, -0.2) is 44.3 Å². The third kappa shape index (κ3) is 15.8. The van der Waals surface area contributed by atoms with Crippen molar-refractivity contribution in [2.45, 2.75) is 103 Å². The van der Waals surface area contributed by atoms with Crippen molar-refractivity contribution in [2.24, 2.45) is 0 Å². The summed E-state index contributed by atoms with van der Waals surface area (Å²) in [7, 11) is 4.11. The van der Waals surface area contributed by atoms with Crippen molar-refractivity contribution >= 4 is 5.97 Å². The molecule has 0 unspecified atom stereocenters. The summed E-state index contributed by atoms with van der Waals surface area (Å²) in [6.45, 7) is 4.38. The first-order chi connectivity index (χ1) is 18.5. The third-order valence-electron chi connectivity index (χ3n) is 7.05. The Labute approximate surface area is 233 Å². The lowest BCUT2D eigenvalue weighted by Gasteiger charge is -2.28. The molecule has 4 heteroatoms. The van der Waals surface area contributed by atoms with Gasteiger partial charge in [-0.3, -0.25) is 0 Å². The molecule has 2 aromatic carbocycles. The fourth-order valence-corrected chi connectivity index (χ4v) is 4.92. The number of carbonyl (C=O) groups excluding carboxylic acids is 1. The predicted molar refractivity (Wildman–Crippen MR) is 159 cm³/mol. The number of hydrogen-bond donors (Lipinski definition) is 0. The lowest BCUT2D eigenvalue weighted by molar-refractivity contribution is -0.896. The topological polar surface area (TPSA) is 35.5 Å². The Hall–Kier alpha value is -2.33. The van der Waals surface area contributed by atoms with Gasteiger partial charge in [0.15, 0.2) is 6.54 Å². The molecule has 0 saturated heterocycles. The van der Waals surface area contributed by atoms with E-state index in [2.05, 4.69) is 51.4 Å². The standard InChI is InChI=1S/C34H54NO3/c1-4-5-6-7-8-9-10-11-12-13-14-16-21-31-24-19-25-33(28-31)37-26-20-27-38-34(36)30-35(2,3)29-32-22-17-15-18-23-32/h15,17-19,22-25,28H,4-14,16,20-21,26-27,29-30H2,1-3H3/q+1. The van der Waals surface area contributed by atoms with E-state index in [1.807, 2.05) is 24.3 Å². The van der Waals surface area contributed by atoms with Gasteiger partial charge in [0.05, 0.1) is 27.3 Å². The quantitative estimate of drug-likeness (QED) is 0.0879. The molecule has 2 rings (SSSR count). The second-order valence-electron chi connectivity index (χ2n) is 11.4. The van der Waals surface area contributed by atoms with Gasteiger partial charge in [0.1, 0.15) is 12.3 Å². The van der Waals surface area contributed by atoms with E-state index in [0.717, 1.165) is 18.7 Å². The third-order valence-corrected chi connectivity index (χ3v) is 7.05. The van der Waals surface area contributed by atoms with Gasteiger partial charge in [0.25, 0.3) is 0 Å². The highest BCUT2D eigenvalue weighted by molar-refractivity contribution is 5.70. The molecule has 2 aromatic rings. The minimum Gasteiger partial charge on any atom is -0.493 e. The van der Waals surface area contributed by atoms with Crippen LogP contribution >= 0.6 is 0 Å². The minimum atomic E-state index is -0.157. The smallest absolute Gasteiger partial charge is 0.361 e. The fraction of sp³-hybridized carbons (Fsp3) is 0.618. The average Bonchev–Trinajstić information content (AvgIpc) is 2.89. The SMILES string of the molecule is CCCCCCCCCCCCCCc1cccc(OCCCOC(=O)C[N+](C)(C)Cc2ccccc2)c1. The number of likely N-dealkylation sites (N-methyl/N-ethyl adjacent to an activating group) is 1. The highest BCUT2D eigenvalue weighted by atomic mass is 16.5. The summed E-state index contributed by atoms with van der Waals surface area (Å²) < 4.78 is 12.0. The van der Waals surface area contributed by atoms with Gasteiger partial charge in [0, 0.05) is 12.0 Å². The zero-order valence-corrected chi connectivity index (χ0v) is 24.6. The maximum Gasteiger partial charge on any atom is 0.361 e. The molecule has 0 heterocycles. The van der Waals surface area contributed by atoms with Crippen LogP contribution in [0.15, 0.2) is 54.6 Å². The molecule has 0 amide bonds. The molecule has 0 aliphatic rings. The van der Waals surface area contributed by atoms with Crippen LogP contribution in [0.25, 0.3) is 0 Å². The predicted octanol–water partition coefficient (Wildman–Crippen LogP) is 8.52. The highest BCUT2D eigenvalue weighted by Crippen LogP contribution is 2.17. The zero-order chi connectivity index (χ0) is 27.3. The molecule has 0 N–H and O–H groups in total. The number of quaternary nitrogens is 1. The van der Waals surface area contributed by atoms with Crippen LogP contribution in [0.1, 0.15) is 102 Å². The van der Waals surface area contributed by atoms with Gasteiger partial charge in [0.2, 0.25) is 0 Å². The maximum absolute atomic E-state index is 12.3. The van der Waals surface area contributed by atoms with Gasteiger partial charge in [-0.2, -0.15) is 0 Å². The number of nitrogens with zero attached hydrogens (tertiary/aromatic N) is 1. The minimum absolute atomic E-state index is 0.157. The molecule has 212 valence electrons. The summed E-state index contributed by atoms with van der Waals surface area (Å²) in [6.07, 6.45) is 18.4. The van der Waals surface area contributed by atoms with Crippen molar-refractivity contribution in [1.29, 1.82) is 0 Å². The second-order valence-corrected chi connectivity index (χ2v) is 11.4. The van der Waals surface area contributed by atoms with Gasteiger partial charge in [-0.1, -0.05) is 120 Å². The molecule has 0 aliphatic heterocycles. The summed E-state index contributed by atoms with van der Waals surface area (Å²) in [4.78, 5) is 12.3. The van der Waals surface area contributed by atoms with Crippen molar-refractivity contribution in [3.63, 3.8) is 0 Å². The molecule has 0 fully saturated rings. The number of unbranched alkanes of at least 4 members (excludes halogenated alkanes) is 11. The molecule has 4 nitrogen and oxygen atoms in total. The number of carbonyl (C=O) groups is 1. The van der Waals surface area contributed by atoms with E-state index in [4.69, 9.17) is 9.47 Å². The van der Waals surface area contributed by atoms with E-state index < -0.39 is 0 Å². The monoisotopic (exact) mass is 524 g/mol. The Bertz CT molecular complexity index is 865. The Morgan fingerprint density at radius 1 is 0.684 bits per heavy atom. The molecule has 0 aromatic heterocycles. The lowest BCUT2D eigenvalue weighted by atomic mass is 10.0.